The van der Waals surface area contributed by atoms with E-state index in [1.165, 1.54) is 10.6 Å². The molecule has 0 aliphatic carbocycles. The lowest BCUT2D eigenvalue weighted by molar-refractivity contribution is 0.0627. The van der Waals surface area contributed by atoms with Crippen LogP contribution in [0.5, 0.6) is 0 Å². The molecule has 1 aromatic rings. The molecular weight excluding hydrogens is 238 g/mol. The Kier molecular flexibility index (Phi) is 3.40. The summed E-state index contributed by atoms with van der Waals surface area (Å²) in [7, 11) is -3.30. The van der Waals surface area contributed by atoms with Gasteiger partial charge in [-0.25, -0.2) is 12.7 Å². The van der Waals surface area contributed by atoms with Crippen LogP contribution in [0.1, 0.15) is 18.9 Å². The van der Waals surface area contributed by atoms with Gasteiger partial charge in [0.2, 0.25) is 10.0 Å². The van der Waals surface area contributed by atoms with Crippen LogP contribution in [-0.2, 0) is 21.2 Å². The van der Waals surface area contributed by atoms with E-state index in [2.05, 4.69) is 0 Å². The molecule has 0 saturated carbocycles. The first kappa shape index (κ1) is 12.4. The SMILES string of the molecule is CCOC1CCc2ccccc2N1S(C)(=O)=O. The van der Waals surface area contributed by atoms with Crippen LogP contribution in [0.4, 0.5) is 5.69 Å². The summed E-state index contributed by atoms with van der Waals surface area (Å²) in [6.07, 6.45) is 2.41. The number of benzene rings is 1. The summed E-state index contributed by atoms with van der Waals surface area (Å²) in [5.41, 5.74) is 1.81. The number of sulfonamides is 1. The van der Waals surface area contributed by atoms with Crippen molar-refractivity contribution in [2.75, 3.05) is 17.2 Å². The van der Waals surface area contributed by atoms with Crippen LogP contribution in [0.2, 0.25) is 0 Å². The van der Waals surface area contributed by atoms with E-state index in [-0.39, 0.29) is 6.23 Å². The first-order valence-electron chi connectivity index (χ1n) is 5.73. The first-order chi connectivity index (χ1) is 8.04. The molecule has 4 nitrogen and oxygen atoms in total. The molecule has 0 saturated heterocycles. The minimum atomic E-state index is -3.30. The molecule has 1 unspecified atom stereocenters. The standard InChI is InChI=1S/C12H17NO3S/c1-3-16-12-9-8-10-6-4-5-7-11(10)13(12)17(2,14)15/h4-7,12H,3,8-9H2,1-2H3. The van der Waals surface area contributed by atoms with Gasteiger partial charge in [0.15, 0.2) is 0 Å². The van der Waals surface area contributed by atoms with E-state index in [1.54, 1.807) is 0 Å². The molecule has 1 aliphatic heterocycles. The molecule has 0 fully saturated rings. The Morgan fingerprint density at radius 3 is 2.76 bits per heavy atom. The van der Waals surface area contributed by atoms with Crippen LogP contribution in [0, 0.1) is 0 Å². The van der Waals surface area contributed by atoms with Crippen LogP contribution < -0.4 is 4.31 Å². The van der Waals surface area contributed by atoms with Crippen LogP contribution in [0.3, 0.4) is 0 Å². The number of rotatable bonds is 3. The Hall–Kier alpha value is -1.07. The highest BCUT2D eigenvalue weighted by Gasteiger charge is 2.32. The van der Waals surface area contributed by atoms with E-state index in [0.717, 1.165) is 17.7 Å². The van der Waals surface area contributed by atoms with Gasteiger partial charge in [0.1, 0.15) is 6.23 Å². The Morgan fingerprint density at radius 2 is 2.12 bits per heavy atom. The van der Waals surface area contributed by atoms with Crippen LogP contribution in [0.25, 0.3) is 0 Å². The van der Waals surface area contributed by atoms with Crippen molar-refractivity contribution in [1.29, 1.82) is 0 Å². The van der Waals surface area contributed by atoms with Gasteiger partial charge in [-0.1, -0.05) is 18.2 Å². The maximum absolute atomic E-state index is 11.9. The van der Waals surface area contributed by atoms with Crippen LogP contribution in [0.15, 0.2) is 24.3 Å². The van der Waals surface area contributed by atoms with Crippen molar-refractivity contribution in [3.8, 4) is 0 Å². The molecule has 0 aromatic heterocycles. The van der Waals surface area contributed by atoms with Gasteiger partial charge in [-0.15, -0.1) is 0 Å². The second-order valence-electron chi connectivity index (χ2n) is 4.14. The van der Waals surface area contributed by atoms with Gasteiger partial charge in [-0.2, -0.15) is 0 Å². The van der Waals surface area contributed by atoms with Crippen molar-refractivity contribution in [3.05, 3.63) is 29.8 Å². The molecule has 94 valence electrons. The van der Waals surface area contributed by atoms with E-state index in [1.807, 2.05) is 31.2 Å². The van der Waals surface area contributed by atoms with Crippen molar-refractivity contribution in [1.82, 2.24) is 0 Å². The summed E-state index contributed by atoms with van der Waals surface area (Å²) in [4.78, 5) is 0. The molecule has 5 heteroatoms. The number of para-hydroxylation sites is 1. The van der Waals surface area contributed by atoms with E-state index < -0.39 is 10.0 Å². The number of ether oxygens (including phenoxy) is 1. The van der Waals surface area contributed by atoms with Gasteiger partial charge >= 0.3 is 0 Å². The first-order valence-corrected chi connectivity index (χ1v) is 7.57. The molecular formula is C12H17NO3S. The number of nitrogens with zero attached hydrogens (tertiary/aromatic N) is 1. The topological polar surface area (TPSA) is 46.6 Å². The number of hydrogen-bond donors (Lipinski definition) is 0. The zero-order valence-corrected chi connectivity index (χ0v) is 10.9. The normalized spacial score (nSPS) is 20.1. The molecule has 1 heterocycles. The van der Waals surface area contributed by atoms with Crippen molar-refractivity contribution >= 4 is 15.7 Å². The average Bonchev–Trinajstić information content (AvgIpc) is 2.27. The summed E-state index contributed by atoms with van der Waals surface area (Å²) >= 11 is 0. The Balaban J connectivity index is 2.46. The molecule has 1 aliphatic rings. The predicted octanol–water partition coefficient (Wildman–Crippen LogP) is 1.76. The summed E-state index contributed by atoms with van der Waals surface area (Å²) in [5.74, 6) is 0. The fraction of sp³-hybridized carbons (Fsp3) is 0.500. The second-order valence-corrected chi connectivity index (χ2v) is 6.00. The largest absolute Gasteiger partial charge is 0.358 e. The highest BCUT2D eigenvalue weighted by atomic mass is 32.2. The zero-order valence-electron chi connectivity index (χ0n) is 10.1. The Bertz CT molecular complexity index is 498. The summed E-state index contributed by atoms with van der Waals surface area (Å²) in [6.45, 7) is 2.39. The summed E-state index contributed by atoms with van der Waals surface area (Å²) in [6, 6.07) is 7.59. The van der Waals surface area contributed by atoms with Crippen molar-refractivity contribution < 1.29 is 13.2 Å². The monoisotopic (exact) mass is 255 g/mol. The maximum Gasteiger partial charge on any atom is 0.234 e. The fourth-order valence-electron chi connectivity index (χ4n) is 2.22. The molecule has 1 aromatic carbocycles. The molecule has 0 bridgehead atoms. The minimum absolute atomic E-state index is 0.370. The quantitative estimate of drug-likeness (QED) is 0.827. The molecule has 0 N–H and O–H groups in total. The molecule has 0 radical (unpaired) electrons. The van der Waals surface area contributed by atoms with Crippen LogP contribution >= 0.6 is 0 Å². The minimum Gasteiger partial charge on any atom is -0.358 e. The zero-order chi connectivity index (χ0) is 12.5. The third-order valence-corrected chi connectivity index (χ3v) is 4.01. The highest BCUT2D eigenvalue weighted by Crippen LogP contribution is 2.32. The van der Waals surface area contributed by atoms with Crippen molar-refractivity contribution in [2.45, 2.75) is 26.0 Å². The lowest BCUT2D eigenvalue weighted by atomic mass is 10.0. The van der Waals surface area contributed by atoms with Crippen molar-refractivity contribution in [3.63, 3.8) is 0 Å². The Labute approximate surface area is 102 Å². The van der Waals surface area contributed by atoms with Gasteiger partial charge in [0, 0.05) is 6.61 Å². The van der Waals surface area contributed by atoms with Gasteiger partial charge in [-0.05, 0) is 31.4 Å². The number of fused-ring (bicyclic) bond motifs is 1. The number of aryl methyl sites for hydroxylation is 1. The second kappa shape index (κ2) is 4.66. The number of anilines is 1. The van der Waals surface area contributed by atoms with Crippen LogP contribution in [-0.4, -0.2) is 27.5 Å². The summed E-state index contributed by atoms with van der Waals surface area (Å²) < 4.78 is 30.7. The third-order valence-electron chi connectivity index (χ3n) is 2.87. The molecule has 0 amide bonds. The van der Waals surface area contributed by atoms with E-state index in [9.17, 15) is 8.42 Å². The molecule has 2 rings (SSSR count). The predicted molar refractivity (Wildman–Crippen MR) is 67.5 cm³/mol. The van der Waals surface area contributed by atoms with Gasteiger partial charge < -0.3 is 4.74 Å². The average molecular weight is 255 g/mol. The fourth-order valence-corrected chi connectivity index (χ4v) is 3.35. The van der Waals surface area contributed by atoms with Gasteiger partial charge in [-0.3, -0.25) is 0 Å². The van der Waals surface area contributed by atoms with E-state index >= 15 is 0 Å². The van der Waals surface area contributed by atoms with Gasteiger partial charge in [0.25, 0.3) is 0 Å². The Morgan fingerprint density at radius 1 is 1.41 bits per heavy atom. The highest BCUT2D eigenvalue weighted by molar-refractivity contribution is 7.92. The summed E-state index contributed by atoms with van der Waals surface area (Å²) in [5, 5.41) is 0. The van der Waals surface area contributed by atoms with E-state index in [0.29, 0.717) is 13.0 Å². The lowest BCUT2D eigenvalue weighted by Crippen LogP contribution is -2.44. The maximum atomic E-state index is 11.9. The van der Waals surface area contributed by atoms with Crippen molar-refractivity contribution in [2.24, 2.45) is 0 Å². The molecule has 17 heavy (non-hydrogen) atoms. The third kappa shape index (κ3) is 2.45. The lowest BCUT2D eigenvalue weighted by Gasteiger charge is -2.36. The van der Waals surface area contributed by atoms with E-state index in [4.69, 9.17) is 4.74 Å². The molecule has 0 spiro atoms. The smallest absolute Gasteiger partial charge is 0.234 e. The van der Waals surface area contributed by atoms with Gasteiger partial charge in [0.05, 0.1) is 11.9 Å². The number of hydrogen-bond acceptors (Lipinski definition) is 3. The molecule has 1 atom stereocenters.